The fourth-order valence-corrected chi connectivity index (χ4v) is 7.07. The number of fused-ring (bicyclic) bond motifs is 5. The van der Waals surface area contributed by atoms with E-state index in [9.17, 15) is 5.11 Å². The number of hydrogen-bond donors (Lipinski definition) is 1. The van der Waals surface area contributed by atoms with Gasteiger partial charge in [0.15, 0.2) is 0 Å². The number of hydrogen-bond acceptors (Lipinski definition) is 3. The zero-order valence-corrected chi connectivity index (χ0v) is 15.6. The van der Waals surface area contributed by atoms with E-state index in [1.165, 1.54) is 38.5 Å². The van der Waals surface area contributed by atoms with Crippen molar-refractivity contribution in [2.45, 2.75) is 77.2 Å². The van der Waals surface area contributed by atoms with E-state index >= 15 is 0 Å². The Bertz CT molecular complexity index is 568. The van der Waals surface area contributed by atoms with Crippen molar-refractivity contribution in [1.29, 1.82) is 0 Å². The van der Waals surface area contributed by atoms with E-state index in [2.05, 4.69) is 25.1 Å². The normalized spacial score (nSPS) is 49.2. The molecule has 3 saturated carbocycles. The van der Waals surface area contributed by atoms with Crippen LogP contribution in [0.1, 0.15) is 71.6 Å². The van der Waals surface area contributed by atoms with E-state index in [0.29, 0.717) is 0 Å². The number of nitrogens with zero attached hydrogens (tertiary/aromatic N) is 1. The van der Waals surface area contributed by atoms with Gasteiger partial charge in [0.25, 0.3) is 0 Å². The molecule has 0 amide bonds. The van der Waals surface area contributed by atoms with Crippen LogP contribution in [-0.4, -0.2) is 23.5 Å². The summed E-state index contributed by atoms with van der Waals surface area (Å²) in [6.07, 6.45) is 12.9. The summed E-state index contributed by atoms with van der Waals surface area (Å²) in [4.78, 5) is 4.99. The molecule has 24 heavy (non-hydrogen) atoms. The number of rotatable bonds is 2. The van der Waals surface area contributed by atoms with Crippen LogP contribution in [0.4, 0.5) is 0 Å². The van der Waals surface area contributed by atoms with Crippen LogP contribution in [0, 0.1) is 29.1 Å². The van der Waals surface area contributed by atoms with E-state index in [0.717, 1.165) is 48.6 Å². The fourth-order valence-electron chi connectivity index (χ4n) is 7.07. The number of oxime groups is 1. The second kappa shape index (κ2) is 5.86. The molecule has 3 nitrogen and oxygen atoms in total. The van der Waals surface area contributed by atoms with Gasteiger partial charge in [-0.2, -0.15) is 0 Å². The van der Waals surface area contributed by atoms with Gasteiger partial charge in [-0.15, -0.1) is 0 Å². The number of aliphatic hydroxyl groups is 1. The Balaban J connectivity index is 1.59. The lowest BCUT2D eigenvalue weighted by molar-refractivity contribution is -0.118. The Labute approximate surface area is 146 Å². The summed E-state index contributed by atoms with van der Waals surface area (Å²) in [7, 11) is 1.64. The molecule has 1 N–H and O–H groups in total. The van der Waals surface area contributed by atoms with E-state index in [1.807, 2.05) is 0 Å². The molecule has 0 bridgehead atoms. The van der Waals surface area contributed by atoms with Gasteiger partial charge in [-0.05, 0) is 93.0 Å². The quantitative estimate of drug-likeness (QED) is 0.745. The lowest BCUT2D eigenvalue weighted by atomic mass is 9.50. The van der Waals surface area contributed by atoms with Crippen LogP contribution in [-0.2, 0) is 4.84 Å². The minimum Gasteiger partial charge on any atom is -0.399 e. The average molecular weight is 332 g/mol. The Kier molecular flexibility index (Phi) is 4.06. The summed E-state index contributed by atoms with van der Waals surface area (Å²) in [5.41, 5.74) is 2.50. The van der Waals surface area contributed by atoms with Gasteiger partial charge in [0.05, 0.1) is 11.3 Å². The molecule has 0 aromatic rings. The lowest BCUT2D eigenvalue weighted by Crippen LogP contribution is -2.52. The first kappa shape index (κ1) is 16.6. The topological polar surface area (TPSA) is 41.8 Å². The molecule has 4 aliphatic carbocycles. The Morgan fingerprint density at radius 1 is 1.17 bits per heavy atom. The van der Waals surface area contributed by atoms with Gasteiger partial charge in [0.2, 0.25) is 0 Å². The molecule has 3 heteroatoms. The summed E-state index contributed by atoms with van der Waals surface area (Å²) < 4.78 is 0. The molecule has 0 saturated heterocycles. The Morgan fingerprint density at radius 3 is 2.75 bits per heavy atom. The standard InChI is InChI=1S/C21H33NO2/c1-4-21(23)12-10-19-18-7-5-14-13-15(22-24-3)6-8-16(14)17(18)9-11-20(19,21)2/h13,16-19,23H,4-12H2,1-3H3/b22-15+. The molecule has 0 spiro atoms. The van der Waals surface area contributed by atoms with Crippen molar-refractivity contribution in [2.24, 2.45) is 34.2 Å². The van der Waals surface area contributed by atoms with E-state index in [-0.39, 0.29) is 5.41 Å². The van der Waals surface area contributed by atoms with Crippen molar-refractivity contribution in [2.75, 3.05) is 7.11 Å². The first-order chi connectivity index (χ1) is 11.5. The van der Waals surface area contributed by atoms with Crippen LogP contribution < -0.4 is 0 Å². The summed E-state index contributed by atoms with van der Waals surface area (Å²) >= 11 is 0. The molecule has 0 aromatic heterocycles. The minimum absolute atomic E-state index is 0.154. The van der Waals surface area contributed by atoms with Crippen molar-refractivity contribution in [1.82, 2.24) is 0 Å². The van der Waals surface area contributed by atoms with Gasteiger partial charge in [0, 0.05) is 0 Å². The first-order valence-electron chi connectivity index (χ1n) is 10.1. The first-order valence-corrected chi connectivity index (χ1v) is 10.1. The van der Waals surface area contributed by atoms with Crippen molar-refractivity contribution in [3.05, 3.63) is 11.6 Å². The van der Waals surface area contributed by atoms with Gasteiger partial charge >= 0.3 is 0 Å². The summed E-state index contributed by atoms with van der Waals surface area (Å²) in [6, 6.07) is 0. The van der Waals surface area contributed by atoms with Crippen LogP contribution in [0.3, 0.4) is 0 Å². The van der Waals surface area contributed by atoms with Gasteiger partial charge in [-0.25, -0.2) is 0 Å². The van der Waals surface area contributed by atoms with Crippen molar-refractivity contribution < 1.29 is 9.94 Å². The molecule has 6 unspecified atom stereocenters. The monoisotopic (exact) mass is 331 g/mol. The highest BCUT2D eigenvalue weighted by Crippen LogP contribution is 2.65. The Morgan fingerprint density at radius 2 is 2.00 bits per heavy atom. The minimum atomic E-state index is -0.413. The molecule has 6 atom stereocenters. The van der Waals surface area contributed by atoms with E-state index < -0.39 is 5.60 Å². The molecule has 4 aliphatic rings. The second-order valence-electron chi connectivity index (χ2n) is 8.98. The third-order valence-electron chi connectivity index (χ3n) is 8.43. The van der Waals surface area contributed by atoms with Crippen LogP contribution in [0.15, 0.2) is 16.8 Å². The third-order valence-corrected chi connectivity index (χ3v) is 8.43. The lowest BCUT2D eigenvalue weighted by Gasteiger charge is -2.55. The Hall–Kier alpha value is -0.830. The maximum atomic E-state index is 11.2. The molecular formula is C21H33NO2. The second-order valence-corrected chi connectivity index (χ2v) is 8.98. The van der Waals surface area contributed by atoms with Crippen LogP contribution in [0.25, 0.3) is 0 Å². The maximum Gasteiger partial charge on any atom is 0.106 e. The van der Waals surface area contributed by atoms with E-state index in [1.54, 1.807) is 12.7 Å². The van der Waals surface area contributed by atoms with Gasteiger partial charge in [-0.1, -0.05) is 24.6 Å². The van der Waals surface area contributed by atoms with Crippen LogP contribution >= 0.6 is 0 Å². The van der Waals surface area contributed by atoms with Gasteiger partial charge in [0.1, 0.15) is 7.11 Å². The molecule has 0 aliphatic heterocycles. The fraction of sp³-hybridized carbons (Fsp3) is 0.857. The predicted molar refractivity (Wildman–Crippen MR) is 96.8 cm³/mol. The molecule has 134 valence electrons. The van der Waals surface area contributed by atoms with Crippen molar-refractivity contribution in [3.8, 4) is 0 Å². The zero-order valence-electron chi connectivity index (χ0n) is 15.6. The summed E-state index contributed by atoms with van der Waals surface area (Å²) in [6.45, 7) is 4.58. The largest absolute Gasteiger partial charge is 0.399 e. The molecule has 3 fully saturated rings. The zero-order chi connectivity index (χ0) is 16.9. The summed E-state index contributed by atoms with van der Waals surface area (Å²) in [5.74, 6) is 3.16. The predicted octanol–water partition coefficient (Wildman–Crippen LogP) is 4.70. The van der Waals surface area contributed by atoms with Gasteiger partial charge in [-0.3, -0.25) is 0 Å². The number of allylic oxidation sites excluding steroid dienone is 2. The van der Waals surface area contributed by atoms with Crippen molar-refractivity contribution in [3.63, 3.8) is 0 Å². The van der Waals surface area contributed by atoms with Gasteiger partial charge < -0.3 is 9.94 Å². The molecule has 4 rings (SSSR count). The molecule has 0 radical (unpaired) electrons. The molecule has 0 aromatic carbocycles. The van der Waals surface area contributed by atoms with E-state index in [4.69, 9.17) is 4.84 Å². The van der Waals surface area contributed by atoms with Crippen LogP contribution in [0.2, 0.25) is 0 Å². The SMILES string of the molecule is CCC1(O)CCC2C3CCC4=C/C(=N/OC)CCC4C3CCC21C. The van der Waals surface area contributed by atoms with Crippen molar-refractivity contribution >= 4 is 5.71 Å². The summed E-state index contributed by atoms with van der Waals surface area (Å²) in [5, 5.41) is 15.4. The average Bonchev–Trinajstić information content (AvgIpc) is 2.87. The highest BCUT2D eigenvalue weighted by atomic mass is 16.6. The maximum absolute atomic E-state index is 11.2. The smallest absolute Gasteiger partial charge is 0.106 e. The highest BCUT2D eigenvalue weighted by molar-refractivity contribution is 5.96. The molecular weight excluding hydrogens is 298 g/mol. The third kappa shape index (κ3) is 2.23. The molecule has 0 heterocycles. The van der Waals surface area contributed by atoms with Crippen LogP contribution in [0.5, 0.6) is 0 Å². The highest BCUT2D eigenvalue weighted by Gasteiger charge is 2.61.